The van der Waals surface area contributed by atoms with Gasteiger partial charge in [0.2, 0.25) is 0 Å². The average molecular weight is 246 g/mol. The van der Waals surface area contributed by atoms with Crippen LogP contribution in [-0.2, 0) is 13.0 Å². The molecule has 0 bridgehead atoms. The van der Waals surface area contributed by atoms with E-state index >= 15 is 0 Å². The standard InChI is InChI=1S/C12H18N6/c1-9(18-8-10(13)7-14-18)12-16-15-11-5-3-2-4-6-17(11)12/h7-9H,2-6,13H2,1H3. The Labute approximate surface area is 106 Å². The minimum absolute atomic E-state index is 0.0710. The summed E-state index contributed by atoms with van der Waals surface area (Å²) in [6.45, 7) is 3.09. The maximum Gasteiger partial charge on any atom is 0.157 e. The second-order valence-corrected chi connectivity index (χ2v) is 4.87. The molecule has 3 heterocycles. The van der Waals surface area contributed by atoms with Crippen molar-refractivity contribution in [3.8, 4) is 0 Å². The van der Waals surface area contributed by atoms with Crippen molar-refractivity contribution in [2.24, 2.45) is 0 Å². The van der Waals surface area contributed by atoms with Gasteiger partial charge in [-0.2, -0.15) is 5.10 Å². The van der Waals surface area contributed by atoms with Gasteiger partial charge in [0.15, 0.2) is 5.82 Å². The van der Waals surface area contributed by atoms with Gasteiger partial charge in [-0.3, -0.25) is 4.68 Å². The minimum Gasteiger partial charge on any atom is -0.396 e. The van der Waals surface area contributed by atoms with Crippen LogP contribution in [0.25, 0.3) is 0 Å². The van der Waals surface area contributed by atoms with Crippen LogP contribution in [-0.4, -0.2) is 24.5 Å². The largest absolute Gasteiger partial charge is 0.396 e. The molecule has 1 atom stereocenters. The fraction of sp³-hybridized carbons (Fsp3) is 0.583. The van der Waals surface area contributed by atoms with Gasteiger partial charge < -0.3 is 10.3 Å². The summed E-state index contributed by atoms with van der Waals surface area (Å²) < 4.78 is 4.09. The van der Waals surface area contributed by atoms with E-state index in [1.807, 2.05) is 10.9 Å². The van der Waals surface area contributed by atoms with Gasteiger partial charge in [0.05, 0.1) is 11.9 Å². The summed E-state index contributed by atoms with van der Waals surface area (Å²) in [5.41, 5.74) is 6.38. The molecular formula is C12H18N6. The molecule has 2 aromatic rings. The third-order valence-electron chi connectivity index (χ3n) is 3.53. The van der Waals surface area contributed by atoms with Crippen molar-refractivity contribution in [3.63, 3.8) is 0 Å². The first kappa shape index (κ1) is 11.3. The molecule has 0 aliphatic carbocycles. The van der Waals surface area contributed by atoms with E-state index in [0.717, 1.165) is 24.6 Å². The van der Waals surface area contributed by atoms with E-state index in [1.165, 1.54) is 19.3 Å². The number of rotatable bonds is 2. The number of nitrogens with two attached hydrogens (primary N) is 1. The van der Waals surface area contributed by atoms with Gasteiger partial charge in [0.1, 0.15) is 11.9 Å². The van der Waals surface area contributed by atoms with Crippen LogP contribution in [0.15, 0.2) is 12.4 Å². The smallest absolute Gasteiger partial charge is 0.157 e. The Morgan fingerprint density at radius 3 is 2.94 bits per heavy atom. The van der Waals surface area contributed by atoms with Crippen molar-refractivity contribution in [3.05, 3.63) is 24.0 Å². The molecule has 1 aliphatic heterocycles. The first-order chi connectivity index (χ1) is 8.75. The van der Waals surface area contributed by atoms with Crippen molar-refractivity contribution >= 4 is 5.69 Å². The topological polar surface area (TPSA) is 74.5 Å². The number of hydrogen-bond acceptors (Lipinski definition) is 4. The molecule has 96 valence electrons. The zero-order chi connectivity index (χ0) is 12.5. The third-order valence-corrected chi connectivity index (χ3v) is 3.53. The van der Waals surface area contributed by atoms with Crippen molar-refractivity contribution in [2.75, 3.05) is 5.73 Å². The summed E-state index contributed by atoms with van der Waals surface area (Å²) in [6.07, 6.45) is 8.21. The molecule has 1 aliphatic rings. The Morgan fingerprint density at radius 1 is 1.28 bits per heavy atom. The molecule has 0 fully saturated rings. The Hall–Kier alpha value is -1.85. The van der Waals surface area contributed by atoms with Crippen molar-refractivity contribution in [1.82, 2.24) is 24.5 Å². The zero-order valence-electron chi connectivity index (χ0n) is 10.6. The van der Waals surface area contributed by atoms with Gasteiger partial charge in [-0.15, -0.1) is 10.2 Å². The van der Waals surface area contributed by atoms with E-state index in [-0.39, 0.29) is 6.04 Å². The molecule has 0 aromatic carbocycles. The lowest BCUT2D eigenvalue weighted by Gasteiger charge is -2.13. The fourth-order valence-electron chi connectivity index (χ4n) is 2.50. The van der Waals surface area contributed by atoms with Crippen molar-refractivity contribution < 1.29 is 0 Å². The summed E-state index contributed by atoms with van der Waals surface area (Å²) in [7, 11) is 0. The number of aromatic nitrogens is 5. The first-order valence-electron chi connectivity index (χ1n) is 6.47. The Kier molecular flexibility index (Phi) is 2.77. The fourth-order valence-corrected chi connectivity index (χ4v) is 2.50. The lowest BCUT2D eigenvalue weighted by atomic mass is 10.2. The SMILES string of the molecule is CC(c1nnc2n1CCCCC2)n1cc(N)cn1. The van der Waals surface area contributed by atoms with Gasteiger partial charge in [-0.05, 0) is 19.8 Å². The highest BCUT2D eigenvalue weighted by Crippen LogP contribution is 2.21. The third kappa shape index (κ3) is 1.87. The van der Waals surface area contributed by atoms with Crippen LogP contribution in [0.1, 0.15) is 43.9 Å². The van der Waals surface area contributed by atoms with Crippen molar-refractivity contribution in [1.29, 1.82) is 0 Å². The maximum atomic E-state index is 5.71. The number of nitrogens with zero attached hydrogens (tertiary/aromatic N) is 5. The van der Waals surface area contributed by atoms with Gasteiger partial charge in [-0.25, -0.2) is 0 Å². The minimum atomic E-state index is 0.0710. The van der Waals surface area contributed by atoms with Crippen LogP contribution in [0.3, 0.4) is 0 Å². The monoisotopic (exact) mass is 246 g/mol. The normalized spacial score (nSPS) is 17.2. The molecule has 2 N–H and O–H groups in total. The first-order valence-corrected chi connectivity index (χ1v) is 6.47. The molecule has 18 heavy (non-hydrogen) atoms. The second-order valence-electron chi connectivity index (χ2n) is 4.87. The number of aryl methyl sites for hydroxylation is 1. The van der Waals surface area contributed by atoms with Gasteiger partial charge >= 0.3 is 0 Å². The van der Waals surface area contributed by atoms with E-state index in [0.29, 0.717) is 5.69 Å². The molecule has 0 amide bonds. The van der Waals surface area contributed by atoms with E-state index in [9.17, 15) is 0 Å². The second kappa shape index (κ2) is 4.44. The highest BCUT2D eigenvalue weighted by Gasteiger charge is 2.20. The van der Waals surface area contributed by atoms with Crippen LogP contribution in [0.4, 0.5) is 5.69 Å². The molecule has 0 spiro atoms. The lowest BCUT2D eigenvalue weighted by Crippen LogP contribution is -2.15. The molecule has 0 saturated heterocycles. The van der Waals surface area contributed by atoms with Crippen molar-refractivity contribution in [2.45, 2.75) is 45.2 Å². The number of nitrogen functional groups attached to an aromatic ring is 1. The molecule has 0 saturated carbocycles. The molecular weight excluding hydrogens is 228 g/mol. The highest BCUT2D eigenvalue weighted by atomic mass is 15.4. The predicted molar refractivity (Wildman–Crippen MR) is 68.0 cm³/mol. The summed E-state index contributed by atoms with van der Waals surface area (Å²) in [5, 5.41) is 12.9. The van der Waals surface area contributed by atoms with E-state index in [2.05, 4.69) is 26.8 Å². The summed E-state index contributed by atoms with van der Waals surface area (Å²) in [4.78, 5) is 0. The van der Waals surface area contributed by atoms with E-state index < -0.39 is 0 Å². The molecule has 6 nitrogen and oxygen atoms in total. The van der Waals surface area contributed by atoms with Crippen LogP contribution < -0.4 is 5.73 Å². The van der Waals surface area contributed by atoms with Crippen LogP contribution in [0, 0.1) is 0 Å². The van der Waals surface area contributed by atoms with Crippen LogP contribution >= 0.6 is 0 Å². The van der Waals surface area contributed by atoms with Gasteiger partial charge in [-0.1, -0.05) is 6.42 Å². The number of fused-ring (bicyclic) bond motifs is 1. The number of hydrogen-bond donors (Lipinski definition) is 1. The Balaban J connectivity index is 1.94. The Bertz CT molecular complexity index is 541. The highest BCUT2D eigenvalue weighted by molar-refractivity contribution is 5.31. The number of anilines is 1. The summed E-state index contributed by atoms with van der Waals surface area (Å²) >= 11 is 0. The van der Waals surface area contributed by atoms with Gasteiger partial charge in [0.25, 0.3) is 0 Å². The summed E-state index contributed by atoms with van der Waals surface area (Å²) in [5.74, 6) is 2.09. The summed E-state index contributed by atoms with van der Waals surface area (Å²) in [6, 6.07) is 0.0710. The van der Waals surface area contributed by atoms with Crippen LogP contribution in [0.2, 0.25) is 0 Å². The van der Waals surface area contributed by atoms with E-state index in [1.54, 1.807) is 6.20 Å². The molecule has 6 heteroatoms. The van der Waals surface area contributed by atoms with E-state index in [4.69, 9.17) is 5.73 Å². The molecule has 1 unspecified atom stereocenters. The predicted octanol–water partition coefficient (Wildman–Crippen LogP) is 1.39. The molecule has 3 rings (SSSR count). The lowest BCUT2D eigenvalue weighted by molar-refractivity contribution is 0.494. The average Bonchev–Trinajstić information content (AvgIpc) is 2.89. The quantitative estimate of drug-likeness (QED) is 0.869. The maximum absolute atomic E-state index is 5.71. The van der Waals surface area contributed by atoms with Gasteiger partial charge in [0, 0.05) is 19.2 Å². The molecule has 0 radical (unpaired) electrons. The zero-order valence-corrected chi connectivity index (χ0v) is 10.6. The molecule has 2 aromatic heterocycles. The Morgan fingerprint density at radius 2 is 2.17 bits per heavy atom. The van der Waals surface area contributed by atoms with Crippen LogP contribution in [0.5, 0.6) is 0 Å².